The van der Waals surface area contributed by atoms with Crippen LogP contribution in [0.4, 0.5) is 0 Å². The lowest BCUT2D eigenvalue weighted by atomic mass is 10.1. The molecule has 4 nitrogen and oxygen atoms in total. The Kier molecular flexibility index (Phi) is 3.55. The average Bonchev–Trinajstić information content (AvgIpc) is 2.21. The van der Waals surface area contributed by atoms with Gasteiger partial charge in [0.05, 0.1) is 13.2 Å². The van der Waals surface area contributed by atoms with E-state index in [0.29, 0.717) is 5.75 Å². The molecule has 1 rings (SSSR count). The van der Waals surface area contributed by atoms with Crippen LogP contribution >= 0.6 is 0 Å². The molecule has 0 fully saturated rings. The van der Waals surface area contributed by atoms with Crippen LogP contribution in [0.25, 0.3) is 0 Å². The maximum Gasteiger partial charge on any atom is 0.195 e. The summed E-state index contributed by atoms with van der Waals surface area (Å²) in [4.78, 5) is 0.0830. The predicted octanol–water partition coefficient (Wildman–Crippen LogP) is 1.61. The third-order valence-corrected chi connectivity index (χ3v) is 3.87. The summed E-state index contributed by atoms with van der Waals surface area (Å²) in [5, 5.41) is 8.48. The SMILES string of the molecule is COc1cc(C)c(C)cc1S(=O)(=O)CC#N. The first-order valence-electron chi connectivity index (χ1n) is 4.67. The number of ether oxygens (including phenoxy) is 1. The van der Waals surface area contributed by atoms with Crippen LogP contribution in [0, 0.1) is 25.2 Å². The maximum absolute atomic E-state index is 11.8. The van der Waals surface area contributed by atoms with Crippen molar-refractivity contribution < 1.29 is 13.2 Å². The van der Waals surface area contributed by atoms with Crippen molar-refractivity contribution in [3.8, 4) is 11.8 Å². The smallest absolute Gasteiger partial charge is 0.195 e. The lowest BCUT2D eigenvalue weighted by Gasteiger charge is -2.10. The van der Waals surface area contributed by atoms with Gasteiger partial charge in [-0.05, 0) is 37.1 Å². The zero-order valence-electron chi connectivity index (χ0n) is 9.44. The molecule has 0 radical (unpaired) electrons. The molecule has 0 unspecified atom stereocenters. The fourth-order valence-electron chi connectivity index (χ4n) is 1.33. The fraction of sp³-hybridized carbons (Fsp3) is 0.364. The molecule has 1 aromatic carbocycles. The lowest BCUT2D eigenvalue weighted by Crippen LogP contribution is -2.07. The first kappa shape index (κ1) is 12.5. The van der Waals surface area contributed by atoms with Crippen molar-refractivity contribution in [2.75, 3.05) is 12.9 Å². The van der Waals surface area contributed by atoms with Crippen molar-refractivity contribution in [2.24, 2.45) is 0 Å². The Labute approximate surface area is 95.4 Å². The van der Waals surface area contributed by atoms with E-state index >= 15 is 0 Å². The van der Waals surface area contributed by atoms with Gasteiger partial charge < -0.3 is 4.74 Å². The molecular weight excluding hydrogens is 226 g/mol. The Morgan fingerprint density at radius 2 is 1.88 bits per heavy atom. The molecule has 0 amide bonds. The minimum absolute atomic E-state index is 0.0830. The van der Waals surface area contributed by atoms with E-state index in [-0.39, 0.29) is 4.90 Å². The molecule has 0 spiro atoms. The largest absolute Gasteiger partial charge is 0.495 e. The lowest BCUT2D eigenvalue weighted by molar-refractivity contribution is 0.402. The summed E-state index contributed by atoms with van der Waals surface area (Å²) < 4.78 is 28.6. The van der Waals surface area contributed by atoms with Crippen molar-refractivity contribution >= 4 is 9.84 Å². The van der Waals surface area contributed by atoms with Gasteiger partial charge in [0, 0.05) is 0 Å². The van der Waals surface area contributed by atoms with Crippen molar-refractivity contribution in [1.82, 2.24) is 0 Å². The van der Waals surface area contributed by atoms with Crippen LogP contribution in [-0.4, -0.2) is 21.3 Å². The second kappa shape index (κ2) is 4.54. The van der Waals surface area contributed by atoms with Crippen LogP contribution in [0.2, 0.25) is 0 Å². The van der Waals surface area contributed by atoms with Gasteiger partial charge in [0.25, 0.3) is 0 Å². The molecule has 0 aliphatic rings. The fourth-order valence-corrected chi connectivity index (χ4v) is 2.46. The van der Waals surface area contributed by atoms with Crippen LogP contribution in [0.15, 0.2) is 17.0 Å². The summed E-state index contributed by atoms with van der Waals surface area (Å²) >= 11 is 0. The molecule has 0 atom stereocenters. The van der Waals surface area contributed by atoms with Gasteiger partial charge in [0.1, 0.15) is 16.4 Å². The number of hydrogen-bond donors (Lipinski definition) is 0. The average molecular weight is 239 g/mol. The minimum Gasteiger partial charge on any atom is -0.495 e. The Balaban J connectivity index is 3.45. The monoisotopic (exact) mass is 239 g/mol. The van der Waals surface area contributed by atoms with E-state index in [1.165, 1.54) is 7.11 Å². The minimum atomic E-state index is -3.58. The van der Waals surface area contributed by atoms with E-state index in [4.69, 9.17) is 10.00 Å². The van der Waals surface area contributed by atoms with E-state index in [1.54, 1.807) is 18.2 Å². The highest BCUT2D eigenvalue weighted by molar-refractivity contribution is 7.91. The zero-order valence-corrected chi connectivity index (χ0v) is 10.3. The van der Waals surface area contributed by atoms with Crippen LogP contribution in [0.5, 0.6) is 5.75 Å². The van der Waals surface area contributed by atoms with Gasteiger partial charge in [-0.1, -0.05) is 0 Å². The number of rotatable bonds is 3. The number of aryl methyl sites for hydroxylation is 2. The second-order valence-electron chi connectivity index (χ2n) is 3.50. The summed E-state index contributed by atoms with van der Waals surface area (Å²) in [5.41, 5.74) is 1.81. The molecule has 0 aliphatic carbocycles. The van der Waals surface area contributed by atoms with Crippen LogP contribution in [-0.2, 0) is 9.84 Å². The van der Waals surface area contributed by atoms with Gasteiger partial charge in [0.2, 0.25) is 0 Å². The van der Waals surface area contributed by atoms with Crippen LogP contribution < -0.4 is 4.74 Å². The van der Waals surface area contributed by atoms with E-state index in [1.807, 2.05) is 13.8 Å². The topological polar surface area (TPSA) is 67.2 Å². The Hall–Kier alpha value is -1.54. The Bertz CT molecular complexity index is 541. The summed E-state index contributed by atoms with van der Waals surface area (Å²) in [6.07, 6.45) is 0. The molecule has 0 bridgehead atoms. The number of nitrogens with zero attached hydrogens (tertiary/aromatic N) is 1. The van der Waals surface area contributed by atoms with Gasteiger partial charge in [-0.3, -0.25) is 0 Å². The van der Waals surface area contributed by atoms with Gasteiger partial charge in [-0.25, -0.2) is 8.42 Å². The van der Waals surface area contributed by atoms with Gasteiger partial charge >= 0.3 is 0 Å². The summed E-state index contributed by atoms with van der Waals surface area (Å²) in [6, 6.07) is 4.86. The highest BCUT2D eigenvalue weighted by atomic mass is 32.2. The predicted molar refractivity (Wildman–Crippen MR) is 60.1 cm³/mol. The quantitative estimate of drug-likeness (QED) is 0.803. The molecule has 86 valence electrons. The van der Waals surface area contributed by atoms with Crippen molar-refractivity contribution in [3.05, 3.63) is 23.3 Å². The first-order chi connectivity index (χ1) is 7.42. The summed E-state index contributed by atoms with van der Waals surface area (Å²) in [5.74, 6) is -0.246. The third kappa shape index (κ3) is 2.34. The van der Waals surface area contributed by atoms with Crippen LogP contribution in [0.3, 0.4) is 0 Å². The van der Waals surface area contributed by atoms with Crippen molar-refractivity contribution in [2.45, 2.75) is 18.7 Å². The normalized spacial score (nSPS) is 10.9. The van der Waals surface area contributed by atoms with Crippen molar-refractivity contribution in [1.29, 1.82) is 5.26 Å². The number of hydrogen-bond acceptors (Lipinski definition) is 4. The van der Waals surface area contributed by atoms with E-state index in [2.05, 4.69) is 0 Å². The number of methoxy groups -OCH3 is 1. The van der Waals surface area contributed by atoms with Gasteiger partial charge in [0.15, 0.2) is 9.84 Å². The molecule has 1 aromatic rings. The molecule has 0 saturated heterocycles. The molecule has 5 heteroatoms. The Morgan fingerprint density at radius 1 is 1.31 bits per heavy atom. The molecule has 0 aliphatic heterocycles. The zero-order chi connectivity index (χ0) is 12.3. The first-order valence-corrected chi connectivity index (χ1v) is 6.32. The molecule has 0 N–H and O–H groups in total. The van der Waals surface area contributed by atoms with E-state index in [9.17, 15) is 8.42 Å². The van der Waals surface area contributed by atoms with E-state index in [0.717, 1.165) is 11.1 Å². The molecule has 0 saturated carbocycles. The second-order valence-corrected chi connectivity index (χ2v) is 5.46. The number of sulfone groups is 1. The molecular formula is C11H13NO3S. The maximum atomic E-state index is 11.8. The van der Waals surface area contributed by atoms with Crippen molar-refractivity contribution in [3.63, 3.8) is 0 Å². The molecule has 0 heterocycles. The highest BCUT2D eigenvalue weighted by Gasteiger charge is 2.20. The Morgan fingerprint density at radius 3 is 2.38 bits per heavy atom. The van der Waals surface area contributed by atoms with E-state index < -0.39 is 15.6 Å². The van der Waals surface area contributed by atoms with Gasteiger partial charge in [-0.15, -0.1) is 0 Å². The molecule has 0 aromatic heterocycles. The number of nitriles is 1. The summed E-state index contributed by atoms with van der Waals surface area (Å²) in [7, 11) is -2.17. The standard InChI is InChI=1S/C11H13NO3S/c1-8-6-10(15-3)11(7-9(8)2)16(13,14)5-4-12/h6-7H,5H2,1-3H3. The van der Waals surface area contributed by atoms with Crippen LogP contribution in [0.1, 0.15) is 11.1 Å². The summed E-state index contributed by atoms with van der Waals surface area (Å²) in [6.45, 7) is 3.69. The third-order valence-electron chi connectivity index (χ3n) is 2.37. The van der Waals surface area contributed by atoms with Gasteiger partial charge in [-0.2, -0.15) is 5.26 Å². The number of benzene rings is 1. The highest BCUT2D eigenvalue weighted by Crippen LogP contribution is 2.27. The molecule has 16 heavy (non-hydrogen) atoms.